The summed E-state index contributed by atoms with van der Waals surface area (Å²) in [4.78, 5) is 57.6. The molecule has 2 N–H and O–H groups in total. The van der Waals surface area contributed by atoms with Crippen LogP contribution in [0.4, 0.5) is 0 Å². The fourth-order valence-electron chi connectivity index (χ4n) is 3.27. The van der Waals surface area contributed by atoms with E-state index in [0.717, 1.165) is 10.1 Å². The highest BCUT2D eigenvalue weighted by Crippen LogP contribution is 2.11. The third-order valence-corrected chi connectivity index (χ3v) is 4.88. The van der Waals surface area contributed by atoms with E-state index in [1.54, 1.807) is 23.7 Å². The van der Waals surface area contributed by atoms with Crippen molar-refractivity contribution in [3.63, 3.8) is 0 Å². The van der Waals surface area contributed by atoms with E-state index in [1.165, 1.54) is 24.0 Å². The van der Waals surface area contributed by atoms with Crippen LogP contribution in [0.2, 0.25) is 0 Å². The van der Waals surface area contributed by atoms with Crippen LogP contribution in [0.1, 0.15) is 11.1 Å². The molecule has 0 amide bonds. The average molecular weight is 406 g/mol. The van der Waals surface area contributed by atoms with Gasteiger partial charge in [0.2, 0.25) is 0 Å². The highest BCUT2D eigenvalue weighted by Gasteiger charge is 2.14. The summed E-state index contributed by atoms with van der Waals surface area (Å²) in [5, 5.41) is -0.0137. The van der Waals surface area contributed by atoms with Gasteiger partial charge in [-0.2, -0.15) is 0 Å². The highest BCUT2D eigenvalue weighted by atomic mass is 16.2. The molecule has 4 aromatic rings. The molecule has 152 valence electrons. The maximum atomic E-state index is 12.5. The van der Waals surface area contributed by atoms with Gasteiger partial charge in [-0.1, -0.05) is 30.8 Å². The van der Waals surface area contributed by atoms with Crippen LogP contribution in [0.3, 0.4) is 0 Å². The Hall–Kier alpha value is -4.21. The summed E-state index contributed by atoms with van der Waals surface area (Å²) in [5.74, 6) is 0. The first-order valence-electron chi connectivity index (χ1n) is 8.99. The maximum absolute atomic E-state index is 12.5. The van der Waals surface area contributed by atoms with E-state index in [9.17, 15) is 19.2 Å². The lowest BCUT2D eigenvalue weighted by atomic mass is 10.1. The summed E-state index contributed by atoms with van der Waals surface area (Å²) < 4.78 is 4.06. The summed E-state index contributed by atoms with van der Waals surface area (Å²) in [6.45, 7) is 3.87. The Morgan fingerprint density at radius 3 is 2.27 bits per heavy atom. The molecule has 4 rings (SSSR count). The summed E-state index contributed by atoms with van der Waals surface area (Å²) in [6.07, 6.45) is 3.00. The number of rotatable bonds is 3. The normalized spacial score (nSPS) is 11.1. The molecule has 30 heavy (non-hydrogen) atoms. The van der Waals surface area contributed by atoms with Gasteiger partial charge in [0, 0.05) is 20.6 Å². The number of nitrogens with one attached hydrogen (secondary N) is 2. The van der Waals surface area contributed by atoms with Crippen molar-refractivity contribution < 1.29 is 0 Å². The molecule has 3 heterocycles. The molecule has 0 spiro atoms. The molecule has 0 saturated carbocycles. The van der Waals surface area contributed by atoms with Crippen LogP contribution in [-0.2, 0) is 20.6 Å². The molecule has 0 radical (unpaired) electrons. The predicted molar refractivity (Wildman–Crippen MR) is 112 cm³/mol. The van der Waals surface area contributed by atoms with Crippen molar-refractivity contribution in [1.82, 2.24) is 28.7 Å². The van der Waals surface area contributed by atoms with Crippen LogP contribution in [0, 0.1) is 0 Å². The van der Waals surface area contributed by atoms with Gasteiger partial charge < -0.3 is 14.5 Å². The van der Waals surface area contributed by atoms with Crippen molar-refractivity contribution in [2.24, 2.45) is 14.1 Å². The Bertz CT molecular complexity index is 1590. The fraction of sp³-hybridized carbons (Fsp3) is 0.150. The molecular weight excluding hydrogens is 388 g/mol. The van der Waals surface area contributed by atoms with Crippen LogP contribution in [0.25, 0.3) is 23.8 Å². The zero-order valence-corrected chi connectivity index (χ0v) is 16.3. The van der Waals surface area contributed by atoms with Crippen molar-refractivity contribution in [2.45, 2.75) is 6.54 Å². The second-order valence-corrected chi connectivity index (χ2v) is 6.94. The highest BCUT2D eigenvalue weighted by molar-refractivity contribution is 5.70. The van der Waals surface area contributed by atoms with Crippen molar-refractivity contribution in [3.8, 4) is 0 Å². The molecule has 10 heteroatoms. The van der Waals surface area contributed by atoms with E-state index in [-0.39, 0.29) is 10.7 Å². The van der Waals surface area contributed by atoms with Crippen molar-refractivity contribution in [3.05, 3.63) is 94.0 Å². The Kier molecular flexibility index (Phi) is 4.46. The average Bonchev–Trinajstić information content (AvgIpc) is 3.12. The fourth-order valence-corrected chi connectivity index (χ4v) is 3.27. The van der Waals surface area contributed by atoms with E-state index in [1.807, 2.05) is 12.1 Å². The van der Waals surface area contributed by atoms with Gasteiger partial charge in [0.1, 0.15) is 10.7 Å². The van der Waals surface area contributed by atoms with Crippen molar-refractivity contribution in [1.29, 1.82) is 0 Å². The second kappa shape index (κ2) is 6.99. The number of imidazole rings is 1. The molecule has 3 aromatic heterocycles. The lowest BCUT2D eigenvalue weighted by molar-refractivity contribution is 0.702. The standard InChI is InChI=1S/C20H18N6O4/c1-11-22-17(27)14(18(28)23-11)8-12-4-6-13(7-5-12)9-26-10-21-16-15(26)19(29)25(3)20(30)24(16)2/h4-8,10H,1,9H2,2-3H3,(H,22,27)(H,23,28). The molecule has 0 atom stereocenters. The van der Waals surface area contributed by atoms with E-state index in [2.05, 4.69) is 21.5 Å². The number of aromatic nitrogens is 6. The molecular formula is C20H18N6O4. The van der Waals surface area contributed by atoms with Crippen LogP contribution in [0.5, 0.6) is 0 Å². The molecule has 1 aromatic carbocycles. The second-order valence-electron chi connectivity index (χ2n) is 6.94. The van der Waals surface area contributed by atoms with Crippen LogP contribution >= 0.6 is 0 Å². The quantitative estimate of drug-likeness (QED) is 0.411. The zero-order valence-electron chi connectivity index (χ0n) is 16.3. The Morgan fingerprint density at radius 2 is 1.63 bits per heavy atom. The van der Waals surface area contributed by atoms with E-state index in [0.29, 0.717) is 23.3 Å². The third-order valence-electron chi connectivity index (χ3n) is 4.88. The van der Waals surface area contributed by atoms with Gasteiger partial charge in [0.05, 0.1) is 6.33 Å². The number of aromatic amines is 2. The minimum Gasteiger partial charge on any atom is -0.320 e. The molecule has 0 bridgehead atoms. The summed E-state index contributed by atoms with van der Waals surface area (Å²) >= 11 is 0. The van der Waals surface area contributed by atoms with Gasteiger partial charge in [0.15, 0.2) is 11.2 Å². The summed E-state index contributed by atoms with van der Waals surface area (Å²) in [5.41, 5.74) is 0.463. The lowest BCUT2D eigenvalue weighted by Gasteiger charge is -2.07. The minimum atomic E-state index is -0.515. The van der Waals surface area contributed by atoms with Gasteiger partial charge in [-0.05, 0) is 17.2 Å². The molecule has 0 saturated heterocycles. The van der Waals surface area contributed by atoms with E-state index >= 15 is 0 Å². The number of H-pyrrole nitrogens is 2. The number of hydrogen-bond acceptors (Lipinski definition) is 5. The number of nitrogens with zero attached hydrogens (tertiary/aromatic N) is 4. The number of hydrogen-bond donors (Lipinski definition) is 2. The monoisotopic (exact) mass is 406 g/mol. The van der Waals surface area contributed by atoms with Gasteiger partial charge in [-0.3, -0.25) is 23.5 Å². The van der Waals surface area contributed by atoms with E-state index < -0.39 is 22.4 Å². The molecule has 0 aliphatic carbocycles. The van der Waals surface area contributed by atoms with Crippen molar-refractivity contribution in [2.75, 3.05) is 0 Å². The Morgan fingerprint density at radius 1 is 1.00 bits per heavy atom. The number of fused-ring (bicyclic) bond motifs is 1. The van der Waals surface area contributed by atoms with Gasteiger partial charge in [-0.15, -0.1) is 0 Å². The minimum absolute atomic E-state index is 0.0137. The van der Waals surface area contributed by atoms with Crippen LogP contribution in [-0.4, -0.2) is 28.7 Å². The molecule has 10 nitrogen and oxygen atoms in total. The molecule has 0 unspecified atom stereocenters. The number of benzene rings is 1. The summed E-state index contributed by atoms with van der Waals surface area (Å²) in [7, 11) is 2.99. The lowest BCUT2D eigenvalue weighted by Crippen LogP contribution is -2.47. The first-order valence-corrected chi connectivity index (χ1v) is 8.99. The number of aryl methyl sites for hydroxylation is 1. The largest absolute Gasteiger partial charge is 0.332 e. The topological polar surface area (TPSA) is 128 Å². The van der Waals surface area contributed by atoms with Gasteiger partial charge >= 0.3 is 5.69 Å². The SMILES string of the molecule is C=c1[nH]c(=O)c(=Cc2ccc(Cn3cnc4c3c(=O)n(C)c(=O)n4C)cc2)c(=O)[nH]1. The Balaban J connectivity index is 1.72. The first kappa shape index (κ1) is 19.1. The van der Waals surface area contributed by atoms with Gasteiger partial charge in [0.25, 0.3) is 16.7 Å². The van der Waals surface area contributed by atoms with Crippen LogP contribution < -0.4 is 33.1 Å². The maximum Gasteiger partial charge on any atom is 0.332 e. The molecule has 0 aliphatic heterocycles. The predicted octanol–water partition coefficient (Wildman–Crippen LogP) is -1.90. The zero-order chi connectivity index (χ0) is 21.6. The van der Waals surface area contributed by atoms with Gasteiger partial charge in [-0.25, -0.2) is 9.78 Å². The molecule has 0 aliphatic rings. The first-order chi connectivity index (χ1) is 14.3. The van der Waals surface area contributed by atoms with Crippen LogP contribution in [0.15, 0.2) is 49.8 Å². The third kappa shape index (κ3) is 3.13. The summed E-state index contributed by atoms with van der Waals surface area (Å²) in [6, 6.07) is 7.17. The van der Waals surface area contributed by atoms with E-state index in [4.69, 9.17) is 0 Å². The Labute approximate surface area is 167 Å². The smallest absolute Gasteiger partial charge is 0.320 e. The molecule has 0 fully saturated rings. The van der Waals surface area contributed by atoms with Crippen molar-refractivity contribution >= 4 is 23.8 Å².